The number of anilines is 1. The second-order valence-corrected chi connectivity index (χ2v) is 6.31. The quantitative estimate of drug-likeness (QED) is 0.873. The van der Waals surface area contributed by atoms with Crippen molar-refractivity contribution < 1.29 is 18.7 Å². The number of halogens is 1. The summed E-state index contributed by atoms with van der Waals surface area (Å²) in [6, 6.07) is 4.30. The van der Waals surface area contributed by atoms with E-state index >= 15 is 0 Å². The number of thiazole rings is 1. The van der Waals surface area contributed by atoms with E-state index in [0.29, 0.717) is 10.9 Å². The second kappa shape index (κ2) is 6.64. The Hall–Kier alpha value is -1.99. The molecule has 3 rings (SSSR count). The highest BCUT2D eigenvalue weighted by Gasteiger charge is 2.36. The van der Waals surface area contributed by atoms with Crippen molar-refractivity contribution in [2.45, 2.75) is 25.9 Å². The van der Waals surface area contributed by atoms with E-state index in [1.54, 1.807) is 6.07 Å². The highest BCUT2D eigenvalue weighted by Crippen LogP contribution is 2.35. The number of carbonyl (C=O) groups excluding carboxylic acids is 1. The number of ether oxygens (including phenoxy) is 2. The Kier molecular flexibility index (Phi) is 4.58. The van der Waals surface area contributed by atoms with Gasteiger partial charge in [-0.1, -0.05) is 11.3 Å². The lowest BCUT2D eigenvalue weighted by Crippen LogP contribution is -2.31. The molecule has 0 spiro atoms. The summed E-state index contributed by atoms with van der Waals surface area (Å²) in [5.74, 6) is -0.474. The first-order valence-electron chi connectivity index (χ1n) is 7.30. The van der Waals surface area contributed by atoms with E-state index in [9.17, 15) is 9.18 Å². The summed E-state index contributed by atoms with van der Waals surface area (Å²) in [4.78, 5) is 16.2. The van der Waals surface area contributed by atoms with Gasteiger partial charge in [0.25, 0.3) is 11.1 Å². The molecule has 1 saturated carbocycles. The van der Waals surface area contributed by atoms with Gasteiger partial charge in [-0.2, -0.15) is 0 Å². The molecule has 0 saturated heterocycles. The number of nitrogens with zero attached hydrogens (tertiary/aromatic N) is 1. The minimum absolute atomic E-state index is 0.0721. The van der Waals surface area contributed by atoms with Crippen LogP contribution < -0.4 is 10.1 Å². The number of hydrogen-bond donors (Lipinski definition) is 1. The average molecular weight is 336 g/mol. The molecule has 5 nitrogen and oxygen atoms in total. The van der Waals surface area contributed by atoms with Crippen molar-refractivity contribution in [3.63, 3.8) is 0 Å². The third-order valence-electron chi connectivity index (χ3n) is 3.56. The Balaban J connectivity index is 1.67. The molecule has 0 aliphatic heterocycles. The summed E-state index contributed by atoms with van der Waals surface area (Å²) >= 11 is 1.30. The maximum absolute atomic E-state index is 14.1. The van der Waals surface area contributed by atoms with Gasteiger partial charge in [-0.25, -0.2) is 9.37 Å². The van der Waals surface area contributed by atoms with Crippen LogP contribution in [0, 0.1) is 18.7 Å². The molecule has 1 heterocycles. The molecule has 1 amide bonds. The molecule has 23 heavy (non-hydrogen) atoms. The van der Waals surface area contributed by atoms with Crippen LogP contribution in [0.5, 0.6) is 10.9 Å². The molecule has 1 aliphatic carbocycles. The van der Waals surface area contributed by atoms with E-state index in [4.69, 9.17) is 9.47 Å². The number of amides is 1. The molecule has 2 aromatic rings. The third-order valence-corrected chi connectivity index (χ3v) is 4.39. The summed E-state index contributed by atoms with van der Waals surface area (Å²) in [6.07, 6.45) is 1.49. The fraction of sp³-hybridized carbons (Fsp3) is 0.375. The first-order valence-corrected chi connectivity index (χ1v) is 8.18. The number of methoxy groups -OCH3 is 1. The number of carbonyl (C=O) groups is 1. The van der Waals surface area contributed by atoms with E-state index in [0.717, 1.165) is 18.5 Å². The van der Waals surface area contributed by atoms with E-state index in [1.165, 1.54) is 30.6 Å². The van der Waals surface area contributed by atoms with Gasteiger partial charge in [-0.3, -0.25) is 4.79 Å². The van der Waals surface area contributed by atoms with Crippen LogP contribution in [-0.2, 0) is 9.53 Å². The highest BCUT2D eigenvalue weighted by atomic mass is 32.1. The molecule has 0 bridgehead atoms. The lowest BCUT2D eigenvalue weighted by Gasteiger charge is -2.14. The predicted molar refractivity (Wildman–Crippen MR) is 85.5 cm³/mol. The van der Waals surface area contributed by atoms with Crippen molar-refractivity contribution in [2.75, 3.05) is 12.4 Å². The molecule has 7 heteroatoms. The number of aryl methyl sites for hydroxylation is 1. The lowest BCUT2D eigenvalue weighted by atomic mass is 10.2. The maximum atomic E-state index is 14.1. The molecule has 1 N–H and O–H groups in total. The van der Waals surface area contributed by atoms with Crippen LogP contribution in [-0.4, -0.2) is 24.1 Å². The molecule has 1 aliphatic rings. The molecule has 0 radical (unpaired) electrons. The molecule has 1 fully saturated rings. The molecular weight excluding hydrogens is 319 g/mol. The van der Waals surface area contributed by atoms with Gasteiger partial charge in [-0.05, 0) is 37.8 Å². The van der Waals surface area contributed by atoms with E-state index in [2.05, 4.69) is 10.3 Å². The first-order chi connectivity index (χ1) is 11.1. The largest absolute Gasteiger partial charge is 0.428 e. The SMILES string of the molecule is COC(C(=O)Nc1ccc(Oc2nc(C)cs2)c(F)c1)C1CC1. The summed E-state index contributed by atoms with van der Waals surface area (Å²) in [7, 11) is 1.51. The van der Waals surface area contributed by atoms with Gasteiger partial charge in [0.2, 0.25) is 0 Å². The van der Waals surface area contributed by atoms with Gasteiger partial charge in [0.15, 0.2) is 11.6 Å². The molecule has 1 aromatic heterocycles. The average Bonchev–Trinajstić information content (AvgIpc) is 3.25. The normalized spacial score (nSPS) is 15.3. The summed E-state index contributed by atoms with van der Waals surface area (Å²) in [6.45, 7) is 1.84. The molecule has 122 valence electrons. The van der Waals surface area contributed by atoms with Gasteiger partial charge in [-0.15, -0.1) is 0 Å². The Morgan fingerprint density at radius 2 is 2.26 bits per heavy atom. The zero-order valence-corrected chi connectivity index (χ0v) is 13.7. The fourth-order valence-electron chi connectivity index (χ4n) is 2.26. The van der Waals surface area contributed by atoms with Gasteiger partial charge < -0.3 is 14.8 Å². The Morgan fingerprint density at radius 3 is 2.83 bits per heavy atom. The molecule has 1 atom stereocenters. The smallest absolute Gasteiger partial charge is 0.278 e. The Labute approximate surface area is 137 Å². The van der Waals surface area contributed by atoms with Crippen LogP contribution in [0.15, 0.2) is 23.6 Å². The minimum Gasteiger partial charge on any atom is -0.428 e. The molecular formula is C16H17FN2O3S. The van der Waals surface area contributed by atoms with E-state index < -0.39 is 11.9 Å². The number of aromatic nitrogens is 1. The number of hydrogen-bond acceptors (Lipinski definition) is 5. The summed E-state index contributed by atoms with van der Waals surface area (Å²) in [5, 5.41) is 4.88. The fourth-order valence-corrected chi connectivity index (χ4v) is 2.92. The van der Waals surface area contributed by atoms with Crippen LogP contribution in [0.2, 0.25) is 0 Å². The summed E-state index contributed by atoms with van der Waals surface area (Å²) in [5.41, 5.74) is 1.19. The second-order valence-electron chi connectivity index (χ2n) is 5.49. The van der Waals surface area contributed by atoms with Crippen LogP contribution in [0.25, 0.3) is 0 Å². The van der Waals surface area contributed by atoms with Gasteiger partial charge in [0.1, 0.15) is 6.10 Å². The van der Waals surface area contributed by atoms with Crippen molar-refractivity contribution >= 4 is 22.9 Å². The standard InChI is InChI=1S/C16H17FN2O3S/c1-9-8-23-16(18-9)22-13-6-5-11(7-12(13)17)19-15(20)14(21-2)10-3-4-10/h5-8,10,14H,3-4H2,1-2H3,(H,19,20). The predicted octanol–water partition coefficient (Wildman–Crippen LogP) is 3.75. The number of benzene rings is 1. The number of nitrogens with one attached hydrogen (secondary N) is 1. The topological polar surface area (TPSA) is 60.5 Å². The van der Waals surface area contributed by atoms with Crippen LogP contribution in [0.3, 0.4) is 0 Å². The van der Waals surface area contributed by atoms with E-state index in [1.807, 2.05) is 12.3 Å². The van der Waals surface area contributed by atoms with Crippen molar-refractivity contribution in [1.82, 2.24) is 4.98 Å². The van der Waals surface area contributed by atoms with Crippen molar-refractivity contribution in [2.24, 2.45) is 5.92 Å². The first kappa shape index (κ1) is 15.9. The van der Waals surface area contributed by atoms with Crippen molar-refractivity contribution in [3.05, 3.63) is 35.1 Å². The van der Waals surface area contributed by atoms with E-state index in [-0.39, 0.29) is 17.6 Å². The third kappa shape index (κ3) is 3.86. The lowest BCUT2D eigenvalue weighted by molar-refractivity contribution is -0.126. The van der Waals surface area contributed by atoms with Crippen molar-refractivity contribution in [3.8, 4) is 10.9 Å². The number of rotatable bonds is 6. The molecule has 1 aromatic carbocycles. The minimum atomic E-state index is -0.559. The zero-order chi connectivity index (χ0) is 16.4. The van der Waals surface area contributed by atoms with Crippen LogP contribution in [0.4, 0.5) is 10.1 Å². The van der Waals surface area contributed by atoms with Gasteiger partial charge in [0, 0.05) is 24.2 Å². The molecule has 1 unspecified atom stereocenters. The maximum Gasteiger partial charge on any atom is 0.278 e. The van der Waals surface area contributed by atoms with Gasteiger partial charge in [0.05, 0.1) is 5.69 Å². The van der Waals surface area contributed by atoms with Gasteiger partial charge >= 0.3 is 0 Å². The highest BCUT2D eigenvalue weighted by molar-refractivity contribution is 7.11. The Morgan fingerprint density at radius 1 is 1.48 bits per heavy atom. The van der Waals surface area contributed by atoms with Crippen molar-refractivity contribution in [1.29, 1.82) is 0 Å². The van der Waals surface area contributed by atoms with Crippen LogP contribution in [0.1, 0.15) is 18.5 Å². The summed E-state index contributed by atoms with van der Waals surface area (Å²) < 4.78 is 24.7. The monoisotopic (exact) mass is 336 g/mol. The zero-order valence-electron chi connectivity index (χ0n) is 12.8. The van der Waals surface area contributed by atoms with Crippen LogP contribution >= 0.6 is 11.3 Å². The Bertz CT molecular complexity index is 715.